The van der Waals surface area contributed by atoms with Crippen LogP contribution >= 0.6 is 11.6 Å². The molecule has 1 heterocycles. The van der Waals surface area contributed by atoms with Crippen molar-refractivity contribution in [1.82, 2.24) is 0 Å². The molecule has 0 unspecified atom stereocenters. The lowest BCUT2D eigenvalue weighted by atomic mass is 10.1. The first-order valence-electron chi connectivity index (χ1n) is 5.92. The van der Waals surface area contributed by atoms with Gasteiger partial charge in [0.15, 0.2) is 0 Å². The minimum atomic E-state index is -0.969. The molecule has 0 bridgehead atoms. The Kier molecular flexibility index (Phi) is 4.32. The van der Waals surface area contributed by atoms with Crippen LogP contribution in [0.2, 0.25) is 5.02 Å². The van der Waals surface area contributed by atoms with Crippen LogP contribution in [0.4, 0.5) is 0 Å². The Morgan fingerprint density at radius 2 is 2.20 bits per heavy atom. The molecule has 0 saturated heterocycles. The second-order valence-corrected chi connectivity index (χ2v) is 4.66. The van der Waals surface area contributed by atoms with Gasteiger partial charge in [-0.3, -0.25) is 4.79 Å². The number of methoxy groups -OCH3 is 1. The number of benzene rings is 1. The number of hydrogen-bond donors (Lipinski definition) is 2. The molecule has 0 amide bonds. The molecule has 0 fully saturated rings. The van der Waals surface area contributed by atoms with E-state index in [0.717, 1.165) is 5.56 Å². The largest absolute Gasteiger partial charge is 0.495 e. The third-order valence-corrected chi connectivity index (χ3v) is 3.12. The van der Waals surface area contributed by atoms with Gasteiger partial charge in [0.2, 0.25) is 0 Å². The summed E-state index contributed by atoms with van der Waals surface area (Å²) >= 11 is 6.05. The molecule has 106 valence electrons. The summed E-state index contributed by atoms with van der Waals surface area (Å²) in [7, 11) is 1.54. The molecule has 3 N–H and O–H groups in total. The maximum Gasteiger partial charge on any atom is 0.305 e. The predicted molar refractivity (Wildman–Crippen MR) is 74.9 cm³/mol. The van der Waals surface area contributed by atoms with Gasteiger partial charge in [0, 0.05) is 5.56 Å². The summed E-state index contributed by atoms with van der Waals surface area (Å²) in [6.45, 7) is 0. The molecular weight excluding hydrogens is 282 g/mol. The summed E-state index contributed by atoms with van der Waals surface area (Å²) in [5.41, 5.74) is 6.51. The fraction of sp³-hybridized carbons (Fsp3) is 0.214. The number of nitrogens with two attached hydrogens (primary N) is 1. The van der Waals surface area contributed by atoms with Crippen molar-refractivity contribution in [2.75, 3.05) is 7.11 Å². The van der Waals surface area contributed by atoms with Crippen molar-refractivity contribution in [3.05, 3.63) is 41.1 Å². The highest BCUT2D eigenvalue weighted by Crippen LogP contribution is 2.32. The van der Waals surface area contributed by atoms with E-state index < -0.39 is 12.0 Å². The van der Waals surface area contributed by atoms with E-state index in [9.17, 15) is 4.79 Å². The lowest BCUT2D eigenvalue weighted by Crippen LogP contribution is -2.14. The van der Waals surface area contributed by atoms with Crippen LogP contribution in [0.15, 0.2) is 34.7 Å². The zero-order chi connectivity index (χ0) is 14.7. The lowest BCUT2D eigenvalue weighted by molar-refractivity contribution is -0.137. The number of halogens is 1. The fourth-order valence-corrected chi connectivity index (χ4v) is 2.07. The minimum Gasteiger partial charge on any atom is -0.495 e. The fourth-order valence-electron chi connectivity index (χ4n) is 1.82. The maximum atomic E-state index is 10.6. The predicted octanol–water partition coefficient (Wildman–Crippen LogP) is 3.08. The molecule has 1 aromatic heterocycles. The zero-order valence-corrected chi connectivity index (χ0v) is 11.6. The second kappa shape index (κ2) is 5.98. The van der Waals surface area contributed by atoms with Gasteiger partial charge in [-0.15, -0.1) is 0 Å². The number of ether oxygens (including phenoxy) is 1. The smallest absolute Gasteiger partial charge is 0.305 e. The van der Waals surface area contributed by atoms with Crippen LogP contribution in [0, 0.1) is 0 Å². The number of carbonyl (C=O) groups is 1. The molecule has 20 heavy (non-hydrogen) atoms. The van der Waals surface area contributed by atoms with Gasteiger partial charge in [0.05, 0.1) is 24.6 Å². The summed E-state index contributed by atoms with van der Waals surface area (Å²) in [4.78, 5) is 10.6. The van der Waals surface area contributed by atoms with E-state index in [1.165, 1.54) is 7.11 Å². The third-order valence-electron chi connectivity index (χ3n) is 2.82. The molecule has 0 aliphatic heterocycles. The molecule has 5 nitrogen and oxygen atoms in total. The Balaban J connectivity index is 2.24. The van der Waals surface area contributed by atoms with E-state index in [0.29, 0.717) is 22.3 Å². The zero-order valence-electron chi connectivity index (χ0n) is 10.8. The second-order valence-electron chi connectivity index (χ2n) is 4.26. The van der Waals surface area contributed by atoms with Crippen LogP contribution in [0.1, 0.15) is 18.2 Å². The molecular formula is C14H14ClNO4. The van der Waals surface area contributed by atoms with Crippen LogP contribution in [-0.2, 0) is 4.79 Å². The van der Waals surface area contributed by atoms with Crippen molar-refractivity contribution in [2.24, 2.45) is 5.73 Å². The third kappa shape index (κ3) is 3.12. The highest BCUT2D eigenvalue weighted by atomic mass is 35.5. The first kappa shape index (κ1) is 14.4. The Morgan fingerprint density at radius 3 is 2.80 bits per heavy atom. The number of furan rings is 1. The summed E-state index contributed by atoms with van der Waals surface area (Å²) in [5.74, 6) is 0.604. The average molecular weight is 296 g/mol. The van der Waals surface area contributed by atoms with E-state index in [-0.39, 0.29) is 6.42 Å². The maximum absolute atomic E-state index is 10.6. The Morgan fingerprint density at radius 1 is 1.45 bits per heavy atom. The van der Waals surface area contributed by atoms with Gasteiger partial charge in [-0.2, -0.15) is 0 Å². The SMILES string of the molecule is COc1ccc(-c2ccc([C@@H](N)CC(=O)O)o2)cc1Cl. The van der Waals surface area contributed by atoms with Crippen LogP contribution in [0.25, 0.3) is 11.3 Å². The molecule has 6 heteroatoms. The molecule has 0 radical (unpaired) electrons. The summed E-state index contributed by atoms with van der Waals surface area (Å²) in [6.07, 6.45) is -0.184. The van der Waals surface area contributed by atoms with Crippen LogP contribution in [0.5, 0.6) is 5.75 Å². The standard InChI is InChI=1S/C14H14ClNO4/c1-19-12-3-2-8(6-9(12)15)11-4-5-13(20-11)10(16)7-14(17)18/h2-6,10H,7,16H2,1H3,(H,17,18)/t10-/m0/s1. The highest BCUT2D eigenvalue weighted by molar-refractivity contribution is 6.32. The van der Waals surface area contributed by atoms with Crippen molar-refractivity contribution < 1.29 is 19.1 Å². The van der Waals surface area contributed by atoms with Crippen LogP contribution in [0.3, 0.4) is 0 Å². The van der Waals surface area contributed by atoms with E-state index in [1.54, 1.807) is 30.3 Å². The van der Waals surface area contributed by atoms with Gasteiger partial charge in [-0.1, -0.05) is 11.6 Å². The number of carboxylic acid groups (broad SMARTS) is 1. The van der Waals surface area contributed by atoms with Crippen molar-refractivity contribution in [1.29, 1.82) is 0 Å². The normalized spacial score (nSPS) is 12.2. The van der Waals surface area contributed by atoms with Crippen LogP contribution < -0.4 is 10.5 Å². The van der Waals surface area contributed by atoms with Crippen molar-refractivity contribution in [3.8, 4) is 17.1 Å². The molecule has 0 aliphatic rings. The molecule has 0 aliphatic carbocycles. The van der Waals surface area contributed by atoms with Gasteiger partial charge in [0.1, 0.15) is 17.3 Å². The van der Waals surface area contributed by atoms with E-state index in [2.05, 4.69) is 0 Å². The molecule has 0 saturated carbocycles. The van der Waals surface area contributed by atoms with Crippen molar-refractivity contribution in [3.63, 3.8) is 0 Å². The van der Waals surface area contributed by atoms with Gasteiger partial charge in [-0.05, 0) is 30.3 Å². The van der Waals surface area contributed by atoms with Crippen molar-refractivity contribution >= 4 is 17.6 Å². The lowest BCUT2D eigenvalue weighted by Gasteiger charge is -2.06. The average Bonchev–Trinajstić information content (AvgIpc) is 2.87. The van der Waals surface area contributed by atoms with Gasteiger partial charge < -0.3 is 20.0 Å². The summed E-state index contributed by atoms with van der Waals surface area (Å²) < 4.78 is 10.6. The molecule has 1 aromatic carbocycles. The first-order valence-corrected chi connectivity index (χ1v) is 6.30. The van der Waals surface area contributed by atoms with Gasteiger partial charge in [0.25, 0.3) is 0 Å². The van der Waals surface area contributed by atoms with Gasteiger partial charge >= 0.3 is 5.97 Å². The van der Waals surface area contributed by atoms with E-state index in [1.807, 2.05) is 0 Å². The van der Waals surface area contributed by atoms with Gasteiger partial charge in [-0.25, -0.2) is 0 Å². The number of rotatable bonds is 5. The number of carboxylic acids is 1. The summed E-state index contributed by atoms with van der Waals surface area (Å²) in [6, 6.07) is 7.98. The Bertz CT molecular complexity index is 623. The number of aliphatic carboxylic acids is 1. The van der Waals surface area contributed by atoms with E-state index >= 15 is 0 Å². The topological polar surface area (TPSA) is 85.7 Å². The van der Waals surface area contributed by atoms with E-state index in [4.69, 9.17) is 31.6 Å². The summed E-state index contributed by atoms with van der Waals surface area (Å²) in [5, 5.41) is 9.18. The highest BCUT2D eigenvalue weighted by Gasteiger charge is 2.15. The molecule has 1 atom stereocenters. The molecule has 2 rings (SSSR count). The first-order chi connectivity index (χ1) is 9.51. The van der Waals surface area contributed by atoms with Crippen LogP contribution in [-0.4, -0.2) is 18.2 Å². The number of hydrogen-bond acceptors (Lipinski definition) is 4. The molecule has 0 spiro atoms. The molecule has 2 aromatic rings. The Hall–Kier alpha value is -1.98. The Labute approximate surface area is 120 Å². The minimum absolute atomic E-state index is 0.184. The van der Waals surface area contributed by atoms with Crippen molar-refractivity contribution in [2.45, 2.75) is 12.5 Å². The quantitative estimate of drug-likeness (QED) is 0.885. The monoisotopic (exact) mass is 295 g/mol.